The molecule has 2 atom stereocenters. The van der Waals surface area contributed by atoms with Gasteiger partial charge in [-0.3, -0.25) is 4.90 Å². The van der Waals surface area contributed by atoms with E-state index in [2.05, 4.69) is 16.8 Å². The highest BCUT2D eigenvalue weighted by molar-refractivity contribution is 6.30. The van der Waals surface area contributed by atoms with Crippen LogP contribution in [0.25, 0.3) is 11.3 Å². The van der Waals surface area contributed by atoms with Crippen molar-refractivity contribution in [2.24, 2.45) is 11.7 Å². The molecule has 134 valence electrons. The highest BCUT2D eigenvalue weighted by Crippen LogP contribution is 2.26. The number of benzene rings is 1. The van der Waals surface area contributed by atoms with E-state index in [9.17, 15) is 0 Å². The minimum atomic E-state index is 0. The van der Waals surface area contributed by atoms with E-state index in [1.807, 2.05) is 24.3 Å². The highest BCUT2D eigenvalue weighted by Gasteiger charge is 2.26. The SMILES string of the molecule is CC1CCN(Cc2ncc(-c3cccc(Cl)c3)o2)C(CN)C1.Cl.Cl. The number of halogens is 3. The van der Waals surface area contributed by atoms with Gasteiger partial charge < -0.3 is 10.2 Å². The molecule has 1 fully saturated rings. The van der Waals surface area contributed by atoms with Crippen LogP contribution in [0.15, 0.2) is 34.9 Å². The molecule has 2 unspecified atom stereocenters. The fourth-order valence-corrected chi connectivity index (χ4v) is 3.28. The standard InChI is InChI=1S/C17H22ClN3O.2ClH/c1-12-5-6-21(15(7-12)9-19)11-17-20-10-16(22-17)13-3-2-4-14(18)8-13;;/h2-4,8,10,12,15H,5-7,9,11,19H2,1H3;2*1H. The average molecular weight is 393 g/mol. The lowest BCUT2D eigenvalue weighted by Crippen LogP contribution is -2.45. The maximum atomic E-state index is 6.02. The van der Waals surface area contributed by atoms with Gasteiger partial charge in [-0.15, -0.1) is 24.8 Å². The van der Waals surface area contributed by atoms with Crippen molar-refractivity contribution < 1.29 is 4.42 Å². The first-order valence-corrected chi connectivity index (χ1v) is 8.18. The summed E-state index contributed by atoms with van der Waals surface area (Å²) in [6.07, 6.45) is 4.13. The van der Waals surface area contributed by atoms with E-state index in [0.717, 1.165) is 42.6 Å². The van der Waals surface area contributed by atoms with Crippen molar-refractivity contribution in [3.63, 3.8) is 0 Å². The van der Waals surface area contributed by atoms with Crippen molar-refractivity contribution in [1.29, 1.82) is 0 Å². The van der Waals surface area contributed by atoms with Crippen LogP contribution >= 0.6 is 36.4 Å². The van der Waals surface area contributed by atoms with E-state index in [-0.39, 0.29) is 24.8 Å². The molecular weight excluding hydrogens is 369 g/mol. The van der Waals surface area contributed by atoms with Gasteiger partial charge in [-0.2, -0.15) is 0 Å². The van der Waals surface area contributed by atoms with Crippen molar-refractivity contribution in [2.45, 2.75) is 32.4 Å². The Morgan fingerprint density at radius 1 is 1.38 bits per heavy atom. The zero-order valence-corrected chi connectivity index (χ0v) is 16.0. The summed E-state index contributed by atoms with van der Waals surface area (Å²) < 4.78 is 5.89. The van der Waals surface area contributed by atoms with Gasteiger partial charge in [0.05, 0.1) is 12.7 Å². The molecule has 1 aromatic carbocycles. The van der Waals surface area contributed by atoms with Gasteiger partial charge in [0.1, 0.15) is 0 Å². The molecule has 0 saturated carbocycles. The molecule has 1 aromatic heterocycles. The monoisotopic (exact) mass is 391 g/mol. The fraction of sp³-hybridized carbons (Fsp3) is 0.471. The van der Waals surface area contributed by atoms with Crippen LogP contribution in [0.4, 0.5) is 0 Å². The summed E-state index contributed by atoms with van der Waals surface area (Å²) in [5.41, 5.74) is 6.87. The smallest absolute Gasteiger partial charge is 0.209 e. The number of aromatic nitrogens is 1. The van der Waals surface area contributed by atoms with Gasteiger partial charge in [-0.25, -0.2) is 4.98 Å². The van der Waals surface area contributed by atoms with Gasteiger partial charge in [0.25, 0.3) is 0 Å². The maximum absolute atomic E-state index is 6.02. The number of rotatable bonds is 4. The minimum Gasteiger partial charge on any atom is -0.439 e. The predicted molar refractivity (Wildman–Crippen MR) is 103 cm³/mol. The minimum absolute atomic E-state index is 0. The Bertz CT molecular complexity index is 635. The van der Waals surface area contributed by atoms with Crippen molar-refractivity contribution in [2.75, 3.05) is 13.1 Å². The Hall–Kier alpha value is -0.780. The number of oxazole rings is 1. The zero-order valence-electron chi connectivity index (χ0n) is 13.7. The van der Waals surface area contributed by atoms with Crippen LogP contribution in [0.5, 0.6) is 0 Å². The van der Waals surface area contributed by atoms with E-state index in [0.29, 0.717) is 17.6 Å². The summed E-state index contributed by atoms with van der Waals surface area (Å²) in [5, 5.41) is 0.698. The lowest BCUT2D eigenvalue weighted by Gasteiger charge is -2.37. The van der Waals surface area contributed by atoms with Crippen LogP contribution in [0.2, 0.25) is 5.02 Å². The van der Waals surface area contributed by atoms with E-state index >= 15 is 0 Å². The lowest BCUT2D eigenvalue weighted by atomic mass is 9.92. The maximum Gasteiger partial charge on any atom is 0.209 e. The number of nitrogens with two attached hydrogens (primary N) is 1. The molecule has 7 heteroatoms. The normalized spacial score (nSPS) is 21.0. The summed E-state index contributed by atoms with van der Waals surface area (Å²) in [6.45, 7) is 4.75. The number of hydrogen-bond acceptors (Lipinski definition) is 4. The van der Waals surface area contributed by atoms with Gasteiger partial charge >= 0.3 is 0 Å². The third kappa shape index (κ3) is 5.11. The molecule has 1 aliphatic rings. The second-order valence-corrected chi connectivity index (χ2v) is 6.55. The first kappa shape index (κ1) is 21.3. The quantitative estimate of drug-likeness (QED) is 0.838. The van der Waals surface area contributed by atoms with Gasteiger partial charge in [-0.1, -0.05) is 30.7 Å². The summed E-state index contributed by atoms with van der Waals surface area (Å²) in [5.74, 6) is 2.24. The molecule has 2 N–H and O–H groups in total. The first-order valence-electron chi connectivity index (χ1n) is 7.80. The molecule has 0 aliphatic carbocycles. The summed E-state index contributed by atoms with van der Waals surface area (Å²) in [6, 6.07) is 8.04. The molecule has 3 rings (SSSR count). The van der Waals surface area contributed by atoms with Crippen LogP contribution < -0.4 is 5.73 Å². The molecule has 0 radical (unpaired) electrons. The lowest BCUT2D eigenvalue weighted by molar-refractivity contribution is 0.105. The molecule has 2 heterocycles. The molecule has 0 spiro atoms. The van der Waals surface area contributed by atoms with Crippen molar-refractivity contribution in [1.82, 2.24) is 9.88 Å². The number of piperidine rings is 1. The van der Waals surface area contributed by atoms with Crippen LogP contribution in [0.3, 0.4) is 0 Å². The van der Waals surface area contributed by atoms with Gasteiger partial charge in [-0.05, 0) is 37.4 Å². The van der Waals surface area contributed by atoms with Crippen LogP contribution in [0, 0.1) is 5.92 Å². The molecular formula is C17H24Cl3N3O. The summed E-state index contributed by atoms with van der Waals surface area (Å²) in [7, 11) is 0. The van der Waals surface area contributed by atoms with Crippen molar-refractivity contribution >= 4 is 36.4 Å². The van der Waals surface area contributed by atoms with E-state index in [1.54, 1.807) is 6.20 Å². The Morgan fingerprint density at radius 2 is 2.17 bits per heavy atom. The summed E-state index contributed by atoms with van der Waals surface area (Å²) >= 11 is 6.02. The second kappa shape index (κ2) is 9.64. The average Bonchev–Trinajstić information content (AvgIpc) is 2.97. The van der Waals surface area contributed by atoms with E-state index in [4.69, 9.17) is 21.8 Å². The Labute approximate surface area is 160 Å². The van der Waals surface area contributed by atoms with Crippen molar-refractivity contribution in [3.8, 4) is 11.3 Å². The van der Waals surface area contributed by atoms with E-state index < -0.39 is 0 Å². The van der Waals surface area contributed by atoms with E-state index in [1.165, 1.54) is 6.42 Å². The van der Waals surface area contributed by atoms with Gasteiger partial charge in [0.15, 0.2) is 5.76 Å². The zero-order chi connectivity index (χ0) is 15.5. The molecule has 24 heavy (non-hydrogen) atoms. The third-order valence-electron chi connectivity index (χ3n) is 4.37. The first-order chi connectivity index (χ1) is 10.7. The fourth-order valence-electron chi connectivity index (χ4n) is 3.09. The molecule has 1 aliphatic heterocycles. The summed E-state index contributed by atoms with van der Waals surface area (Å²) in [4.78, 5) is 6.79. The predicted octanol–water partition coefficient (Wildman–Crippen LogP) is 4.40. The van der Waals surface area contributed by atoms with Gasteiger partial charge in [0.2, 0.25) is 5.89 Å². The number of nitrogens with zero attached hydrogens (tertiary/aromatic N) is 2. The van der Waals surface area contributed by atoms with Crippen molar-refractivity contribution in [3.05, 3.63) is 41.4 Å². The highest BCUT2D eigenvalue weighted by atomic mass is 35.5. The molecule has 0 bridgehead atoms. The Morgan fingerprint density at radius 3 is 2.88 bits per heavy atom. The largest absolute Gasteiger partial charge is 0.439 e. The molecule has 1 saturated heterocycles. The number of hydrogen-bond donors (Lipinski definition) is 1. The molecule has 0 amide bonds. The third-order valence-corrected chi connectivity index (χ3v) is 4.61. The number of likely N-dealkylation sites (tertiary alicyclic amines) is 1. The van der Waals surface area contributed by atoms with Crippen LogP contribution in [-0.2, 0) is 6.54 Å². The molecule has 4 nitrogen and oxygen atoms in total. The Balaban J connectivity index is 0.00000144. The van der Waals surface area contributed by atoms with Crippen LogP contribution in [-0.4, -0.2) is 29.0 Å². The topological polar surface area (TPSA) is 55.3 Å². The van der Waals surface area contributed by atoms with Crippen LogP contribution in [0.1, 0.15) is 25.7 Å². The molecule has 2 aromatic rings. The second-order valence-electron chi connectivity index (χ2n) is 6.12. The van der Waals surface area contributed by atoms with Gasteiger partial charge in [0, 0.05) is 23.2 Å². The Kier molecular flexibility index (Phi) is 8.54.